The molecule has 0 spiro atoms. The molecule has 1 aliphatic rings. The highest BCUT2D eigenvalue weighted by Gasteiger charge is 2.35. The maximum absolute atomic E-state index is 13.3. The van der Waals surface area contributed by atoms with Crippen LogP contribution in [-0.4, -0.2) is 42.1 Å². The SMILES string of the molecule is Cc1c(C(=O)CN2C(=O)/C(=C/c3ccccc3)SC2=S)c(O)n(Cc2cccnc2)c(=O)c1C#N. The Morgan fingerprint density at radius 3 is 2.63 bits per heavy atom. The molecule has 1 saturated heterocycles. The summed E-state index contributed by atoms with van der Waals surface area (Å²) in [6, 6.07) is 14.4. The number of Topliss-reactive ketones (excluding diaryl/α,β-unsaturated/α-hetero) is 1. The third-order valence-electron chi connectivity index (χ3n) is 5.42. The van der Waals surface area contributed by atoms with Gasteiger partial charge in [-0.05, 0) is 35.8 Å². The van der Waals surface area contributed by atoms with E-state index in [2.05, 4.69) is 4.98 Å². The number of thiocarbonyl (C=S) groups is 1. The smallest absolute Gasteiger partial charge is 0.271 e. The van der Waals surface area contributed by atoms with Crippen LogP contribution in [0.2, 0.25) is 0 Å². The summed E-state index contributed by atoms with van der Waals surface area (Å²) in [5.41, 5.74) is 0.274. The van der Waals surface area contributed by atoms with E-state index in [1.165, 1.54) is 13.1 Å². The summed E-state index contributed by atoms with van der Waals surface area (Å²) < 4.78 is 1.15. The van der Waals surface area contributed by atoms with Gasteiger partial charge in [0, 0.05) is 12.4 Å². The lowest BCUT2D eigenvalue weighted by Gasteiger charge is -2.18. The van der Waals surface area contributed by atoms with Crippen LogP contribution in [0.3, 0.4) is 0 Å². The van der Waals surface area contributed by atoms with Crippen LogP contribution in [0.15, 0.2) is 64.6 Å². The van der Waals surface area contributed by atoms with E-state index in [1.807, 2.05) is 36.4 Å². The van der Waals surface area contributed by atoms with Gasteiger partial charge in [-0.2, -0.15) is 5.26 Å². The fourth-order valence-corrected chi connectivity index (χ4v) is 4.92. The molecule has 0 aliphatic carbocycles. The quantitative estimate of drug-likeness (QED) is 0.310. The number of hydrogen-bond donors (Lipinski definition) is 1. The summed E-state index contributed by atoms with van der Waals surface area (Å²) in [4.78, 5) is 44.6. The second kappa shape index (κ2) is 10.0. The van der Waals surface area contributed by atoms with Gasteiger partial charge in [0.2, 0.25) is 5.88 Å². The van der Waals surface area contributed by atoms with Crippen LogP contribution < -0.4 is 5.56 Å². The highest BCUT2D eigenvalue weighted by atomic mass is 32.2. The summed E-state index contributed by atoms with van der Waals surface area (Å²) in [7, 11) is 0. The summed E-state index contributed by atoms with van der Waals surface area (Å²) in [5.74, 6) is -1.65. The number of benzene rings is 1. The summed E-state index contributed by atoms with van der Waals surface area (Å²) in [6.45, 7) is 0.886. The molecule has 0 atom stereocenters. The van der Waals surface area contributed by atoms with Gasteiger partial charge < -0.3 is 5.11 Å². The molecule has 3 aromatic rings. The molecular weight excluding hydrogens is 484 g/mol. The van der Waals surface area contributed by atoms with Gasteiger partial charge in [-0.15, -0.1) is 0 Å². The Kier molecular flexibility index (Phi) is 6.91. The molecular formula is C25H18N4O4S2. The van der Waals surface area contributed by atoms with Gasteiger partial charge in [0.05, 0.1) is 23.6 Å². The molecule has 10 heteroatoms. The van der Waals surface area contributed by atoms with Gasteiger partial charge in [0.15, 0.2) is 5.78 Å². The van der Waals surface area contributed by atoms with Crippen LogP contribution in [-0.2, 0) is 11.3 Å². The number of aromatic nitrogens is 2. The van der Waals surface area contributed by atoms with Gasteiger partial charge >= 0.3 is 0 Å². The molecule has 0 saturated carbocycles. The van der Waals surface area contributed by atoms with Crippen LogP contribution in [0.25, 0.3) is 6.08 Å². The first-order valence-electron chi connectivity index (χ1n) is 10.4. The molecule has 174 valence electrons. The minimum Gasteiger partial charge on any atom is -0.494 e. The minimum absolute atomic E-state index is 0.0488. The number of nitrogens with zero attached hydrogens (tertiary/aromatic N) is 4. The Morgan fingerprint density at radius 1 is 1.23 bits per heavy atom. The maximum atomic E-state index is 13.3. The average Bonchev–Trinajstić information content (AvgIpc) is 3.10. The zero-order valence-electron chi connectivity index (χ0n) is 18.5. The molecule has 35 heavy (non-hydrogen) atoms. The van der Waals surface area contributed by atoms with Gasteiger partial charge in [-0.25, -0.2) is 0 Å². The fraction of sp³-hybridized carbons (Fsp3) is 0.120. The average molecular weight is 503 g/mol. The van der Waals surface area contributed by atoms with Crippen LogP contribution >= 0.6 is 24.0 Å². The zero-order valence-corrected chi connectivity index (χ0v) is 20.1. The van der Waals surface area contributed by atoms with Crippen molar-refractivity contribution in [2.45, 2.75) is 13.5 Å². The van der Waals surface area contributed by atoms with E-state index in [1.54, 1.807) is 24.4 Å². The van der Waals surface area contributed by atoms with Crippen molar-refractivity contribution in [2.75, 3.05) is 6.54 Å². The van der Waals surface area contributed by atoms with Crippen molar-refractivity contribution in [3.05, 3.63) is 97.9 Å². The maximum Gasteiger partial charge on any atom is 0.271 e. The predicted octanol–water partition coefficient (Wildman–Crippen LogP) is 3.26. The molecule has 8 nitrogen and oxygen atoms in total. The predicted molar refractivity (Wildman–Crippen MR) is 136 cm³/mol. The van der Waals surface area contributed by atoms with Crippen molar-refractivity contribution < 1.29 is 14.7 Å². The molecule has 3 heterocycles. The molecule has 1 N–H and O–H groups in total. The van der Waals surface area contributed by atoms with Gasteiger partial charge in [0.1, 0.15) is 16.0 Å². The van der Waals surface area contributed by atoms with Gasteiger partial charge in [-0.1, -0.05) is 60.4 Å². The molecule has 4 rings (SSSR count). The molecule has 1 amide bonds. The molecule has 1 aromatic carbocycles. The number of carbonyl (C=O) groups is 2. The highest BCUT2D eigenvalue weighted by Crippen LogP contribution is 2.33. The topological polar surface area (TPSA) is 116 Å². The standard InChI is InChI=1S/C25H18N4O4S2/c1-15-18(11-26)22(31)28(13-17-8-5-9-27-12-17)24(33)21(15)19(30)14-29-23(32)20(35-25(29)34)10-16-6-3-2-4-7-16/h2-10,12,33H,13-14H2,1H3/b20-10-. The number of amides is 1. The first-order valence-corrected chi connectivity index (χ1v) is 11.6. The third-order valence-corrected chi connectivity index (χ3v) is 6.79. The number of pyridine rings is 2. The van der Waals surface area contributed by atoms with Crippen LogP contribution in [0.1, 0.15) is 32.6 Å². The van der Waals surface area contributed by atoms with E-state index < -0.39 is 29.7 Å². The van der Waals surface area contributed by atoms with E-state index in [0.29, 0.717) is 10.5 Å². The zero-order chi connectivity index (χ0) is 25.1. The van der Waals surface area contributed by atoms with Crippen molar-refractivity contribution >= 4 is 46.1 Å². The lowest BCUT2D eigenvalue weighted by molar-refractivity contribution is -0.121. The molecule has 1 aliphatic heterocycles. The number of carbonyl (C=O) groups excluding carboxylic acids is 2. The van der Waals surface area contributed by atoms with Crippen molar-refractivity contribution in [3.8, 4) is 11.9 Å². The van der Waals surface area contributed by atoms with Gasteiger partial charge in [-0.3, -0.25) is 28.8 Å². The monoisotopic (exact) mass is 502 g/mol. The van der Waals surface area contributed by atoms with Crippen molar-refractivity contribution in [1.82, 2.24) is 14.5 Å². The summed E-state index contributed by atoms with van der Waals surface area (Å²) >= 11 is 6.40. The first kappa shape index (κ1) is 24.1. The lowest BCUT2D eigenvalue weighted by Crippen LogP contribution is -2.35. The summed E-state index contributed by atoms with van der Waals surface area (Å²) in [6.07, 6.45) is 4.76. The number of thioether (sulfide) groups is 1. The Labute approximate surface area is 210 Å². The largest absolute Gasteiger partial charge is 0.494 e. The van der Waals surface area contributed by atoms with E-state index in [0.717, 1.165) is 26.8 Å². The Hall–Kier alpha value is -4.07. The Balaban J connectivity index is 1.68. The van der Waals surface area contributed by atoms with Crippen molar-refractivity contribution in [3.63, 3.8) is 0 Å². The van der Waals surface area contributed by atoms with Gasteiger partial charge in [0.25, 0.3) is 11.5 Å². The molecule has 0 bridgehead atoms. The Morgan fingerprint density at radius 2 is 1.97 bits per heavy atom. The number of nitriles is 1. The second-order valence-electron chi connectivity index (χ2n) is 7.66. The lowest BCUT2D eigenvalue weighted by atomic mass is 10.0. The summed E-state index contributed by atoms with van der Waals surface area (Å²) in [5, 5.41) is 20.5. The first-order chi connectivity index (χ1) is 16.8. The molecule has 0 radical (unpaired) electrons. The molecule has 2 aromatic heterocycles. The minimum atomic E-state index is -0.723. The normalized spacial score (nSPS) is 14.4. The molecule has 0 unspecified atom stereocenters. The van der Waals surface area contributed by atoms with E-state index in [-0.39, 0.29) is 27.6 Å². The van der Waals surface area contributed by atoms with E-state index in [9.17, 15) is 24.8 Å². The number of rotatable bonds is 6. The third kappa shape index (κ3) is 4.77. The number of aromatic hydroxyl groups is 1. The van der Waals surface area contributed by atoms with E-state index >= 15 is 0 Å². The highest BCUT2D eigenvalue weighted by molar-refractivity contribution is 8.26. The van der Waals surface area contributed by atoms with Crippen molar-refractivity contribution in [1.29, 1.82) is 5.26 Å². The van der Waals surface area contributed by atoms with Crippen LogP contribution in [0, 0.1) is 18.3 Å². The second-order valence-corrected chi connectivity index (χ2v) is 9.34. The van der Waals surface area contributed by atoms with Crippen molar-refractivity contribution in [2.24, 2.45) is 0 Å². The number of hydrogen-bond acceptors (Lipinski definition) is 8. The Bertz CT molecular complexity index is 1480. The van der Waals surface area contributed by atoms with Crippen LogP contribution in [0.4, 0.5) is 0 Å². The van der Waals surface area contributed by atoms with Crippen LogP contribution in [0.5, 0.6) is 5.88 Å². The molecule has 1 fully saturated rings. The van der Waals surface area contributed by atoms with E-state index in [4.69, 9.17) is 12.2 Å². The fourth-order valence-electron chi connectivity index (χ4n) is 3.67. The number of ketones is 1.